The van der Waals surface area contributed by atoms with Crippen LogP contribution in [0.5, 0.6) is 0 Å². The molecule has 0 bridgehead atoms. The third-order valence-electron chi connectivity index (χ3n) is 4.02. The highest BCUT2D eigenvalue weighted by atomic mass is 15.1. The molecule has 0 amide bonds. The van der Waals surface area contributed by atoms with E-state index >= 15 is 0 Å². The average molecular weight is 283 g/mol. The topological polar surface area (TPSA) is 39.1 Å². The van der Waals surface area contributed by atoms with E-state index < -0.39 is 0 Å². The number of benzene rings is 1. The normalized spacial score (nSPS) is 16.4. The number of allylic oxidation sites excluding steroid dienone is 1. The van der Waals surface area contributed by atoms with Gasteiger partial charge in [-0.2, -0.15) is 5.26 Å². The molecule has 0 radical (unpaired) electrons. The van der Waals surface area contributed by atoms with E-state index in [2.05, 4.69) is 36.2 Å². The van der Waals surface area contributed by atoms with Crippen LogP contribution in [0.1, 0.15) is 37.8 Å². The molecule has 0 aliphatic carbocycles. The standard InChI is InChI=1S/C18H25N3/c1-15(2)7-10-21-11-8-18(9-12-21)20-14-17-5-3-16(13-19)4-6-17/h3-7,18,20H,8-12,14H2,1-2H3. The van der Waals surface area contributed by atoms with Gasteiger partial charge in [0.05, 0.1) is 11.6 Å². The summed E-state index contributed by atoms with van der Waals surface area (Å²) in [5, 5.41) is 12.4. The molecule has 1 aromatic rings. The summed E-state index contributed by atoms with van der Waals surface area (Å²) in [5.74, 6) is 0. The Morgan fingerprint density at radius 3 is 2.52 bits per heavy atom. The lowest BCUT2D eigenvalue weighted by atomic mass is 10.0. The van der Waals surface area contributed by atoms with Crippen molar-refractivity contribution in [1.82, 2.24) is 10.2 Å². The van der Waals surface area contributed by atoms with E-state index in [1.54, 1.807) is 0 Å². The largest absolute Gasteiger partial charge is 0.310 e. The molecule has 0 aromatic heterocycles. The molecular formula is C18H25N3. The van der Waals surface area contributed by atoms with E-state index in [4.69, 9.17) is 5.26 Å². The zero-order valence-electron chi connectivity index (χ0n) is 13.1. The molecule has 21 heavy (non-hydrogen) atoms. The molecule has 0 spiro atoms. The summed E-state index contributed by atoms with van der Waals surface area (Å²) in [6.07, 6.45) is 4.74. The molecule has 1 heterocycles. The number of piperidine rings is 1. The number of hydrogen-bond donors (Lipinski definition) is 1. The lowest BCUT2D eigenvalue weighted by molar-refractivity contribution is 0.214. The van der Waals surface area contributed by atoms with Crippen LogP contribution in [0.3, 0.4) is 0 Å². The minimum Gasteiger partial charge on any atom is -0.310 e. The number of likely N-dealkylation sites (tertiary alicyclic amines) is 1. The fourth-order valence-electron chi connectivity index (χ4n) is 2.59. The van der Waals surface area contributed by atoms with Gasteiger partial charge in [-0.25, -0.2) is 0 Å². The number of nitriles is 1. The minimum absolute atomic E-state index is 0.614. The number of nitrogens with one attached hydrogen (secondary N) is 1. The summed E-state index contributed by atoms with van der Waals surface area (Å²) < 4.78 is 0. The van der Waals surface area contributed by atoms with Gasteiger partial charge in [0.2, 0.25) is 0 Å². The van der Waals surface area contributed by atoms with Gasteiger partial charge < -0.3 is 5.32 Å². The first kappa shape index (κ1) is 15.8. The molecule has 1 saturated heterocycles. The fourth-order valence-corrected chi connectivity index (χ4v) is 2.59. The van der Waals surface area contributed by atoms with Crippen molar-refractivity contribution >= 4 is 0 Å². The van der Waals surface area contributed by atoms with Crippen molar-refractivity contribution in [2.24, 2.45) is 0 Å². The second kappa shape index (κ2) is 7.97. The third kappa shape index (κ3) is 5.34. The molecule has 2 rings (SSSR count). The van der Waals surface area contributed by atoms with Crippen molar-refractivity contribution in [3.05, 3.63) is 47.0 Å². The van der Waals surface area contributed by atoms with Crippen molar-refractivity contribution in [1.29, 1.82) is 5.26 Å². The Morgan fingerprint density at radius 2 is 1.95 bits per heavy atom. The van der Waals surface area contributed by atoms with Gasteiger partial charge >= 0.3 is 0 Å². The predicted octanol–water partition coefficient (Wildman–Crippen LogP) is 3.08. The fraction of sp³-hybridized carbons (Fsp3) is 0.500. The van der Waals surface area contributed by atoms with Gasteiger partial charge in [-0.1, -0.05) is 23.8 Å². The predicted molar refractivity (Wildman–Crippen MR) is 86.9 cm³/mol. The molecule has 1 fully saturated rings. The van der Waals surface area contributed by atoms with E-state index in [-0.39, 0.29) is 0 Å². The van der Waals surface area contributed by atoms with Crippen molar-refractivity contribution in [2.75, 3.05) is 19.6 Å². The molecule has 112 valence electrons. The van der Waals surface area contributed by atoms with Crippen LogP contribution in [0.2, 0.25) is 0 Å². The first-order valence-electron chi connectivity index (χ1n) is 7.75. The molecule has 1 aliphatic rings. The van der Waals surface area contributed by atoms with E-state index in [1.807, 2.05) is 24.3 Å². The first-order chi connectivity index (χ1) is 10.2. The van der Waals surface area contributed by atoms with Gasteiger partial charge in [-0.05, 0) is 57.5 Å². The maximum Gasteiger partial charge on any atom is 0.0991 e. The van der Waals surface area contributed by atoms with Gasteiger partial charge in [-0.3, -0.25) is 4.90 Å². The molecule has 1 aromatic carbocycles. The molecule has 1 aliphatic heterocycles. The maximum atomic E-state index is 8.79. The molecular weight excluding hydrogens is 258 g/mol. The summed E-state index contributed by atoms with van der Waals surface area (Å²) in [7, 11) is 0. The van der Waals surface area contributed by atoms with Crippen LogP contribution < -0.4 is 5.32 Å². The molecule has 0 atom stereocenters. The van der Waals surface area contributed by atoms with Gasteiger partial charge in [0.15, 0.2) is 0 Å². The number of rotatable bonds is 5. The Morgan fingerprint density at radius 1 is 1.29 bits per heavy atom. The summed E-state index contributed by atoms with van der Waals surface area (Å²) in [4.78, 5) is 2.52. The maximum absolute atomic E-state index is 8.79. The third-order valence-corrected chi connectivity index (χ3v) is 4.02. The van der Waals surface area contributed by atoms with Crippen molar-refractivity contribution in [2.45, 2.75) is 39.3 Å². The highest BCUT2D eigenvalue weighted by Crippen LogP contribution is 2.12. The number of hydrogen-bond acceptors (Lipinski definition) is 3. The van der Waals surface area contributed by atoms with Crippen LogP contribution in [0, 0.1) is 11.3 Å². The quantitative estimate of drug-likeness (QED) is 0.844. The first-order valence-corrected chi connectivity index (χ1v) is 7.75. The Labute approximate surface area is 128 Å². The zero-order chi connectivity index (χ0) is 15.1. The highest BCUT2D eigenvalue weighted by Gasteiger charge is 2.17. The van der Waals surface area contributed by atoms with Crippen molar-refractivity contribution in [3.63, 3.8) is 0 Å². The smallest absolute Gasteiger partial charge is 0.0991 e. The summed E-state index contributed by atoms with van der Waals surface area (Å²) in [5.41, 5.74) is 3.38. The molecule has 0 saturated carbocycles. The molecule has 1 N–H and O–H groups in total. The van der Waals surface area contributed by atoms with Crippen LogP contribution in [0.15, 0.2) is 35.9 Å². The second-order valence-electron chi connectivity index (χ2n) is 6.05. The molecule has 0 unspecified atom stereocenters. The van der Waals surface area contributed by atoms with Gasteiger partial charge in [0.25, 0.3) is 0 Å². The zero-order valence-corrected chi connectivity index (χ0v) is 13.1. The monoisotopic (exact) mass is 283 g/mol. The van der Waals surface area contributed by atoms with Gasteiger partial charge in [0.1, 0.15) is 0 Å². The number of nitrogens with zero attached hydrogens (tertiary/aromatic N) is 2. The average Bonchev–Trinajstić information content (AvgIpc) is 2.52. The van der Waals surface area contributed by atoms with Crippen molar-refractivity contribution in [3.8, 4) is 6.07 Å². The van der Waals surface area contributed by atoms with Crippen LogP contribution >= 0.6 is 0 Å². The van der Waals surface area contributed by atoms with Gasteiger partial charge in [0, 0.05) is 19.1 Å². The van der Waals surface area contributed by atoms with E-state index in [1.165, 1.54) is 37.1 Å². The van der Waals surface area contributed by atoms with Crippen LogP contribution in [0.25, 0.3) is 0 Å². The Bertz CT molecular complexity index is 498. The summed E-state index contributed by atoms with van der Waals surface area (Å²) in [6, 6.07) is 10.6. The lowest BCUT2D eigenvalue weighted by Gasteiger charge is -2.31. The highest BCUT2D eigenvalue weighted by molar-refractivity contribution is 5.31. The van der Waals surface area contributed by atoms with E-state index in [0.29, 0.717) is 6.04 Å². The molecule has 3 heteroatoms. The van der Waals surface area contributed by atoms with Crippen LogP contribution in [-0.2, 0) is 6.54 Å². The van der Waals surface area contributed by atoms with Crippen LogP contribution in [0.4, 0.5) is 0 Å². The summed E-state index contributed by atoms with van der Waals surface area (Å²) in [6.45, 7) is 8.65. The van der Waals surface area contributed by atoms with Crippen molar-refractivity contribution < 1.29 is 0 Å². The van der Waals surface area contributed by atoms with E-state index in [9.17, 15) is 0 Å². The van der Waals surface area contributed by atoms with Crippen LogP contribution in [-0.4, -0.2) is 30.6 Å². The van der Waals surface area contributed by atoms with E-state index in [0.717, 1.165) is 18.7 Å². The second-order valence-corrected chi connectivity index (χ2v) is 6.05. The Balaban J connectivity index is 1.71. The SMILES string of the molecule is CC(C)=CCN1CCC(NCc2ccc(C#N)cc2)CC1. The minimum atomic E-state index is 0.614. The Kier molecular flexibility index (Phi) is 5.98. The lowest BCUT2D eigenvalue weighted by Crippen LogP contribution is -2.42. The molecule has 3 nitrogen and oxygen atoms in total. The Hall–Kier alpha value is -1.63. The van der Waals surface area contributed by atoms with Gasteiger partial charge in [-0.15, -0.1) is 0 Å². The summed E-state index contributed by atoms with van der Waals surface area (Å²) >= 11 is 0.